The van der Waals surface area contributed by atoms with Crippen molar-refractivity contribution in [3.05, 3.63) is 95.3 Å². The van der Waals surface area contributed by atoms with Gasteiger partial charge in [0.05, 0.1) is 5.52 Å². The molecule has 186 valence electrons. The predicted molar refractivity (Wildman–Crippen MR) is 136 cm³/mol. The molecule has 1 N–H and O–H groups in total. The monoisotopic (exact) mass is 487 g/mol. The Kier molecular flexibility index (Phi) is 7.15. The van der Waals surface area contributed by atoms with Gasteiger partial charge in [-0.3, -0.25) is 9.59 Å². The third kappa shape index (κ3) is 5.94. The first-order chi connectivity index (χ1) is 17.1. The van der Waals surface area contributed by atoms with E-state index in [1.165, 1.54) is 21.7 Å². The number of rotatable bonds is 7. The zero-order chi connectivity index (χ0) is 25.9. The molecule has 0 aliphatic carbocycles. The van der Waals surface area contributed by atoms with Gasteiger partial charge in [-0.2, -0.15) is 0 Å². The van der Waals surface area contributed by atoms with Gasteiger partial charge in [0.2, 0.25) is 11.8 Å². The summed E-state index contributed by atoms with van der Waals surface area (Å²) in [4.78, 5) is 29.0. The van der Waals surface area contributed by atoms with E-state index in [4.69, 9.17) is 0 Å². The van der Waals surface area contributed by atoms with Crippen LogP contribution in [0.3, 0.4) is 0 Å². The maximum absolute atomic E-state index is 13.9. The van der Waals surface area contributed by atoms with Crippen molar-refractivity contribution < 1.29 is 14.0 Å². The van der Waals surface area contributed by atoms with Gasteiger partial charge in [0.1, 0.15) is 23.9 Å². The Morgan fingerprint density at radius 3 is 2.33 bits per heavy atom. The van der Waals surface area contributed by atoms with Crippen LogP contribution in [0, 0.1) is 12.7 Å². The lowest BCUT2D eigenvalue weighted by Gasteiger charge is -2.34. The number of hydrogen-bond acceptors (Lipinski definition) is 4. The van der Waals surface area contributed by atoms with Gasteiger partial charge >= 0.3 is 0 Å². The molecule has 0 radical (unpaired) electrons. The average molecular weight is 488 g/mol. The largest absolute Gasteiger partial charge is 0.349 e. The quantitative estimate of drug-likeness (QED) is 0.414. The van der Waals surface area contributed by atoms with Crippen molar-refractivity contribution in [3.63, 3.8) is 0 Å². The second-order valence-corrected chi connectivity index (χ2v) is 9.94. The second-order valence-electron chi connectivity index (χ2n) is 9.94. The first-order valence-electron chi connectivity index (χ1n) is 11.8. The molecule has 4 rings (SSSR count). The Morgan fingerprint density at radius 1 is 1.00 bits per heavy atom. The van der Waals surface area contributed by atoms with E-state index in [0.717, 1.165) is 16.6 Å². The van der Waals surface area contributed by atoms with Crippen molar-refractivity contribution in [2.24, 2.45) is 0 Å². The van der Waals surface area contributed by atoms with Crippen LogP contribution in [0.2, 0.25) is 0 Å². The number of para-hydroxylation sites is 1. The van der Waals surface area contributed by atoms with Crippen molar-refractivity contribution in [1.29, 1.82) is 0 Å². The third-order valence-electron chi connectivity index (χ3n) is 5.74. The average Bonchev–Trinajstić information content (AvgIpc) is 3.23. The molecule has 36 heavy (non-hydrogen) atoms. The molecule has 7 nitrogen and oxygen atoms in total. The number of amides is 2. The first-order valence-corrected chi connectivity index (χ1v) is 11.8. The highest BCUT2D eigenvalue weighted by atomic mass is 19.1. The molecule has 8 heteroatoms. The molecule has 0 aliphatic rings. The molecule has 0 saturated carbocycles. The lowest BCUT2D eigenvalue weighted by molar-refractivity contribution is -0.142. The lowest BCUT2D eigenvalue weighted by atomic mass is 10.0. The Morgan fingerprint density at radius 2 is 1.67 bits per heavy atom. The van der Waals surface area contributed by atoms with Crippen LogP contribution in [-0.4, -0.2) is 37.2 Å². The van der Waals surface area contributed by atoms with Crippen LogP contribution in [0.4, 0.5) is 4.39 Å². The molecule has 2 amide bonds. The molecule has 1 aromatic heterocycles. The highest BCUT2D eigenvalue weighted by Gasteiger charge is 2.33. The molecule has 4 aromatic rings. The van der Waals surface area contributed by atoms with Gasteiger partial charge in [0, 0.05) is 12.1 Å². The summed E-state index contributed by atoms with van der Waals surface area (Å²) in [6, 6.07) is 19.9. The number of benzene rings is 3. The summed E-state index contributed by atoms with van der Waals surface area (Å²) in [5, 5.41) is 11.3. The molecule has 0 aliphatic heterocycles. The van der Waals surface area contributed by atoms with Crippen LogP contribution in [0.5, 0.6) is 0 Å². The number of aromatic nitrogens is 3. The number of carbonyl (C=O) groups excluding carboxylic acids is 2. The Hall–Kier alpha value is -4.07. The molecule has 0 fully saturated rings. The molecule has 0 spiro atoms. The normalized spacial score (nSPS) is 12.4. The van der Waals surface area contributed by atoms with Crippen LogP contribution >= 0.6 is 0 Å². The van der Waals surface area contributed by atoms with E-state index in [1.54, 1.807) is 12.1 Å². The second kappa shape index (κ2) is 10.3. The number of carbonyl (C=O) groups is 2. The van der Waals surface area contributed by atoms with Gasteiger partial charge in [-0.1, -0.05) is 59.3 Å². The third-order valence-corrected chi connectivity index (χ3v) is 5.74. The molecular weight excluding hydrogens is 457 g/mol. The van der Waals surface area contributed by atoms with E-state index in [-0.39, 0.29) is 24.9 Å². The molecule has 3 aromatic carbocycles. The fourth-order valence-corrected chi connectivity index (χ4v) is 4.02. The zero-order valence-electron chi connectivity index (χ0n) is 20.9. The minimum atomic E-state index is -0.978. The van der Waals surface area contributed by atoms with Crippen LogP contribution in [0.25, 0.3) is 11.0 Å². The maximum atomic E-state index is 13.9. The number of hydrogen-bond donors (Lipinski definition) is 1. The lowest BCUT2D eigenvalue weighted by Crippen LogP contribution is -2.49. The van der Waals surface area contributed by atoms with Crippen molar-refractivity contribution in [1.82, 2.24) is 25.2 Å². The Bertz CT molecular complexity index is 1360. The SMILES string of the molecule is Cc1ccc(CN(C(=O)Cn2nnc3ccccc32)C(C(=O)NC(C)(C)C)c2ccc(F)cc2)cc1. The van der Waals surface area contributed by atoms with Crippen molar-refractivity contribution in [2.75, 3.05) is 0 Å². The van der Waals surface area contributed by atoms with E-state index in [1.807, 2.05) is 76.2 Å². The van der Waals surface area contributed by atoms with Gasteiger partial charge in [0.15, 0.2) is 0 Å². The Balaban J connectivity index is 1.76. The first kappa shape index (κ1) is 25.0. The minimum absolute atomic E-state index is 0.104. The predicted octanol–water partition coefficient (Wildman–Crippen LogP) is 4.56. The maximum Gasteiger partial charge on any atom is 0.247 e. The van der Waals surface area contributed by atoms with E-state index < -0.39 is 17.4 Å². The summed E-state index contributed by atoms with van der Waals surface area (Å²) in [6.45, 7) is 7.69. The Labute approximate surface area is 209 Å². The van der Waals surface area contributed by atoms with E-state index >= 15 is 0 Å². The summed E-state index contributed by atoms with van der Waals surface area (Å²) >= 11 is 0. The molecule has 1 atom stereocenters. The zero-order valence-corrected chi connectivity index (χ0v) is 20.9. The fraction of sp³-hybridized carbons (Fsp3) is 0.286. The van der Waals surface area contributed by atoms with Gasteiger partial charge in [0.25, 0.3) is 0 Å². The molecule has 0 bridgehead atoms. The summed E-state index contributed by atoms with van der Waals surface area (Å²) in [7, 11) is 0. The number of nitrogens with one attached hydrogen (secondary N) is 1. The standard InChI is InChI=1S/C28H30FN5O2/c1-19-9-11-20(12-10-19)17-33(25(35)18-34-24-8-6-5-7-23(24)31-32-34)26(27(36)30-28(2,3)4)21-13-15-22(29)16-14-21/h5-16,26H,17-18H2,1-4H3,(H,30,36). The van der Waals surface area contributed by atoms with Crippen LogP contribution in [-0.2, 0) is 22.7 Å². The van der Waals surface area contributed by atoms with Crippen molar-refractivity contribution in [2.45, 2.75) is 52.4 Å². The minimum Gasteiger partial charge on any atom is -0.349 e. The summed E-state index contributed by atoms with van der Waals surface area (Å²) in [5.41, 5.74) is 3.34. The molecule has 1 heterocycles. The number of aryl methyl sites for hydroxylation is 1. The van der Waals surface area contributed by atoms with Gasteiger partial charge in [-0.05, 0) is 63.1 Å². The van der Waals surface area contributed by atoms with Gasteiger partial charge in [-0.25, -0.2) is 9.07 Å². The van der Waals surface area contributed by atoms with Crippen molar-refractivity contribution in [3.8, 4) is 0 Å². The highest BCUT2D eigenvalue weighted by Crippen LogP contribution is 2.26. The van der Waals surface area contributed by atoms with E-state index in [2.05, 4.69) is 15.6 Å². The number of nitrogens with zero attached hydrogens (tertiary/aromatic N) is 4. The number of halogens is 1. The summed E-state index contributed by atoms with van der Waals surface area (Å²) in [6.07, 6.45) is 0. The smallest absolute Gasteiger partial charge is 0.247 e. The van der Waals surface area contributed by atoms with E-state index in [0.29, 0.717) is 11.1 Å². The van der Waals surface area contributed by atoms with Gasteiger partial charge < -0.3 is 10.2 Å². The van der Waals surface area contributed by atoms with E-state index in [9.17, 15) is 14.0 Å². The van der Waals surface area contributed by atoms with Gasteiger partial charge in [-0.15, -0.1) is 5.10 Å². The van der Waals surface area contributed by atoms with Crippen LogP contribution in [0.15, 0.2) is 72.8 Å². The molecule has 0 saturated heterocycles. The fourth-order valence-electron chi connectivity index (χ4n) is 4.02. The van der Waals surface area contributed by atoms with Crippen LogP contribution in [0.1, 0.15) is 43.5 Å². The topological polar surface area (TPSA) is 80.1 Å². The molecule has 1 unspecified atom stereocenters. The molecular formula is C28H30FN5O2. The summed E-state index contributed by atoms with van der Waals surface area (Å²) < 4.78 is 15.3. The highest BCUT2D eigenvalue weighted by molar-refractivity contribution is 5.89. The van der Waals surface area contributed by atoms with Crippen molar-refractivity contribution >= 4 is 22.8 Å². The summed E-state index contributed by atoms with van der Waals surface area (Å²) in [5.74, 6) is -1.08. The van der Waals surface area contributed by atoms with Crippen LogP contribution < -0.4 is 5.32 Å². The number of fused-ring (bicyclic) bond motifs is 1.